The number of nitrogens with one attached hydrogen (secondary N) is 1. The summed E-state index contributed by atoms with van der Waals surface area (Å²) in [7, 11) is 0. The van der Waals surface area contributed by atoms with Gasteiger partial charge in [-0.25, -0.2) is 0 Å². The van der Waals surface area contributed by atoms with Crippen molar-refractivity contribution in [2.45, 2.75) is 45.8 Å². The number of aromatic nitrogens is 2. The van der Waals surface area contributed by atoms with Crippen LogP contribution in [0.5, 0.6) is 0 Å². The first-order valence-electron chi connectivity index (χ1n) is 6.37. The van der Waals surface area contributed by atoms with E-state index in [9.17, 15) is 0 Å². The number of hydrogen-bond acceptors (Lipinski definition) is 5. The second kappa shape index (κ2) is 6.42. The van der Waals surface area contributed by atoms with Crippen molar-refractivity contribution >= 4 is 11.3 Å². The van der Waals surface area contributed by atoms with Crippen LogP contribution >= 0.6 is 11.3 Å². The Morgan fingerprint density at radius 3 is 2.94 bits per heavy atom. The summed E-state index contributed by atoms with van der Waals surface area (Å²) in [6.45, 7) is 7.18. The molecule has 0 aliphatic carbocycles. The van der Waals surface area contributed by atoms with Crippen molar-refractivity contribution < 1.29 is 4.74 Å². The van der Waals surface area contributed by atoms with Gasteiger partial charge in [-0.1, -0.05) is 13.8 Å². The average Bonchev–Trinajstić information content (AvgIpc) is 2.90. The van der Waals surface area contributed by atoms with E-state index in [4.69, 9.17) is 4.74 Å². The molecular formula is C12H21N3OS. The molecule has 1 unspecified atom stereocenters. The molecular weight excluding hydrogens is 234 g/mol. The highest BCUT2D eigenvalue weighted by Crippen LogP contribution is 2.19. The molecule has 1 aromatic rings. The molecule has 1 fully saturated rings. The van der Waals surface area contributed by atoms with Crippen LogP contribution in [-0.4, -0.2) is 29.5 Å². The van der Waals surface area contributed by atoms with Gasteiger partial charge in [-0.15, -0.1) is 21.5 Å². The van der Waals surface area contributed by atoms with Crippen molar-refractivity contribution in [3.05, 3.63) is 10.0 Å². The van der Waals surface area contributed by atoms with E-state index in [1.807, 2.05) is 0 Å². The van der Waals surface area contributed by atoms with Crippen molar-refractivity contribution in [3.63, 3.8) is 0 Å². The van der Waals surface area contributed by atoms with Crippen LogP contribution in [0.15, 0.2) is 0 Å². The summed E-state index contributed by atoms with van der Waals surface area (Å²) in [6.07, 6.45) is 3.66. The first-order chi connectivity index (χ1) is 8.24. The fourth-order valence-electron chi connectivity index (χ4n) is 1.91. The molecule has 1 aromatic heterocycles. The normalized spacial score (nSPS) is 20.3. The highest BCUT2D eigenvalue weighted by molar-refractivity contribution is 7.11. The lowest BCUT2D eigenvalue weighted by Crippen LogP contribution is -2.18. The van der Waals surface area contributed by atoms with Gasteiger partial charge in [0.15, 0.2) is 0 Å². The Labute approximate surface area is 107 Å². The molecule has 96 valence electrons. The smallest absolute Gasteiger partial charge is 0.131 e. The quantitative estimate of drug-likeness (QED) is 0.844. The molecule has 0 radical (unpaired) electrons. The number of rotatable bonds is 6. The van der Waals surface area contributed by atoms with Gasteiger partial charge in [0, 0.05) is 19.6 Å². The number of ether oxygens (including phenoxy) is 1. The first-order valence-corrected chi connectivity index (χ1v) is 7.19. The lowest BCUT2D eigenvalue weighted by molar-refractivity contribution is 0.111. The third kappa shape index (κ3) is 4.33. The standard InChI is InChI=1S/C12H21N3OS/c1-9(2)7-13-8-12-15-14-11(17-12)6-10-4-3-5-16-10/h9-10,13H,3-8H2,1-2H3. The number of nitrogens with zero attached hydrogens (tertiary/aromatic N) is 2. The van der Waals surface area contributed by atoms with Crippen LogP contribution in [0.4, 0.5) is 0 Å². The Bertz CT molecular complexity index is 334. The van der Waals surface area contributed by atoms with Crippen molar-refractivity contribution in [3.8, 4) is 0 Å². The van der Waals surface area contributed by atoms with Crippen molar-refractivity contribution in [2.75, 3.05) is 13.2 Å². The van der Waals surface area contributed by atoms with Crippen LogP contribution in [0, 0.1) is 5.92 Å². The monoisotopic (exact) mass is 255 g/mol. The van der Waals surface area contributed by atoms with E-state index in [0.717, 1.165) is 36.1 Å². The molecule has 0 spiro atoms. The molecule has 4 nitrogen and oxygen atoms in total. The molecule has 1 aliphatic heterocycles. The Hall–Kier alpha value is -0.520. The van der Waals surface area contributed by atoms with Crippen molar-refractivity contribution in [2.24, 2.45) is 5.92 Å². The average molecular weight is 255 g/mol. The Balaban J connectivity index is 1.75. The van der Waals surface area contributed by atoms with E-state index in [-0.39, 0.29) is 0 Å². The summed E-state index contributed by atoms with van der Waals surface area (Å²) < 4.78 is 5.60. The summed E-state index contributed by atoms with van der Waals surface area (Å²) in [4.78, 5) is 0. The van der Waals surface area contributed by atoms with E-state index < -0.39 is 0 Å². The van der Waals surface area contributed by atoms with E-state index >= 15 is 0 Å². The molecule has 0 bridgehead atoms. The molecule has 0 amide bonds. The molecule has 5 heteroatoms. The maximum Gasteiger partial charge on any atom is 0.131 e. The van der Waals surface area contributed by atoms with E-state index in [1.54, 1.807) is 11.3 Å². The fraction of sp³-hybridized carbons (Fsp3) is 0.833. The molecule has 0 saturated carbocycles. The fourth-order valence-corrected chi connectivity index (χ4v) is 2.79. The molecule has 1 N–H and O–H groups in total. The predicted molar refractivity (Wildman–Crippen MR) is 69.1 cm³/mol. The lowest BCUT2D eigenvalue weighted by Gasteiger charge is -2.05. The van der Waals surface area contributed by atoms with Crippen LogP contribution in [0.2, 0.25) is 0 Å². The molecule has 0 aromatic carbocycles. The third-order valence-electron chi connectivity index (χ3n) is 2.76. The lowest BCUT2D eigenvalue weighted by atomic mass is 10.2. The second-order valence-electron chi connectivity index (χ2n) is 4.95. The number of hydrogen-bond donors (Lipinski definition) is 1. The van der Waals surface area contributed by atoms with Crippen LogP contribution in [0.25, 0.3) is 0 Å². The summed E-state index contributed by atoms with van der Waals surface area (Å²) in [5.41, 5.74) is 0. The third-order valence-corrected chi connectivity index (χ3v) is 3.71. The first kappa shape index (κ1) is 12.9. The van der Waals surface area contributed by atoms with Crippen LogP contribution in [0.1, 0.15) is 36.7 Å². The Morgan fingerprint density at radius 2 is 2.24 bits per heavy atom. The van der Waals surface area contributed by atoms with Gasteiger partial charge in [0.1, 0.15) is 10.0 Å². The largest absolute Gasteiger partial charge is 0.378 e. The molecule has 1 atom stereocenters. The van der Waals surface area contributed by atoms with Gasteiger partial charge in [0.05, 0.1) is 6.10 Å². The minimum absolute atomic E-state index is 0.374. The van der Waals surface area contributed by atoms with Gasteiger partial charge >= 0.3 is 0 Å². The zero-order chi connectivity index (χ0) is 12.1. The van der Waals surface area contributed by atoms with Gasteiger partial charge in [0.2, 0.25) is 0 Å². The topological polar surface area (TPSA) is 47.0 Å². The Kier molecular flexibility index (Phi) is 4.88. The summed E-state index contributed by atoms with van der Waals surface area (Å²) >= 11 is 1.71. The van der Waals surface area contributed by atoms with Crippen LogP contribution in [0.3, 0.4) is 0 Å². The van der Waals surface area contributed by atoms with Gasteiger partial charge in [-0.2, -0.15) is 0 Å². The van der Waals surface area contributed by atoms with E-state index in [2.05, 4.69) is 29.4 Å². The van der Waals surface area contributed by atoms with E-state index in [0.29, 0.717) is 12.0 Å². The highest BCUT2D eigenvalue weighted by atomic mass is 32.1. The maximum atomic E-state index is 5.60. The van der Waals surface area contributed by atoms with Crippen molar-refractivity contribution in [1.29, 1.82) is 0 Å². The van der Waals surface area contributed by atoms with Crippen LogP contribution < -0.4 is 5.32 Å². The molecule has 17 heavy (non-hydrogen) atoms. The zero-order valence-electron chi connectivity index (χ0n) is 10.6. The van der Waals surface area contributed by atoms with E-state index in [1.165, 1.54) is 12.8 Å². The minimum Gasteiger partial charge on any atom is -0.378 e. The molecule has 1 aliphatic rings. The molecule has 2 rings (SSSR count). The van der Waals surface area contributed by atoms with Gasteiger partial charge in [0.25, 0.3) is 0 Å². The maximum absolute atomic E-state index is 5.60. The minimum atomic E-state index is 0.374. The SMILES string of the molecule is CC(C)CNCc1nnc(CC2CCCO2)s1. The summed E-state index contributed by atoms with van der Waals surface area (Å²) in [5.74, 6) is 0.675. The summed E-state index contributed by atoms with van der Waals surface area (Å²) in [6, 6.07) is 0. The molecule has 1 saturated heterocycles. The second-order valence-corrected chi connectivity index (χ2v) is 6.10. The molecule has 2 heterocycles. The van der Waals surface area contributed by atoms with Gasteiger partial charge in [-0.3, -0.25) is 0 Å². The van der Waals surface area contributed by atoms with Crippen molar-refractivity contribution in [1.82, 2.24) is 15.5 Å². The zero-order valence-corrected chi connectivity index (χ0v) is 11.4. The highest BCUT2D eigenvalue weighted by Gasteiger charge is 2.18. The Morgan fingerprint density at radius 1 is 1.41 bits per heavy atom. The van der Waals surface area contributed by atoms with Gasteiger partial charge in [-0.05, 0) is 25.3 Å². The predicted octanol–water partition coefficient (Wildman–Crippen LogP) is 2.01. The van der Waals surface area contributed by atoms with Gasteiger partial charge < -0.3 is 10.1 Å². The summed E-state index contributed by atoms with van der Waals surface area (Å²) in [5, 5.41) is 14.0. The van der Waals surface area contributed by atoms with Crippen LogP contribution in [-0.2, 0) is 17.7 Å².